The lowest BCUT2D eigenvalue weighted by atomic mass is 10.1. The molecule has 4 aromatic rings. The van der Waals surface area contributed by atoms with Crippen molar-refractivity contribution in [3.05, 3.63) is 132 Å². The van der Waals surface area contributed by atoms with Gasteiger partial charge in [0.25, 0.3) is 0 Å². The van der Waals surface area contributed by atoms with Crippen LogP contribution in [0.2, 0.25) is 0 Å². The molecule has 2 nitrogen and oxygen atoms in total. The predicted octanol–water partition coefficient (Wildman–Crippen LogP) is 5.34. The third-order valence-corrected chi connectivity index (χ3v) is 7.00. The highest BCUT2D eigenvalue weighted by Crippen LogP contribution is 2.44. The summed E-state index contributed by atoms with van der Waals surface area (Å²) in [6.07, 6.45) is 2.66. The van der Waals surface area contributed by atoms with E-state index in [0.717, 1.165) is 16.7 Å². The van der Waals surface area contributed by atoms with Crippen molar-refractivity contribution in [1.29, 1.82) is 0 Å². The fraction of sp³-hybridized carbons (Fsp3) is 0. The van der Waals surface area contributed by atoms with E-state index < -0.39 is 7.37 Å². The minimum absolute atomic E-state index is 0.604. The smallest absolute Gasteiger partial charge is 0.315 e. The molecule has 0 aromatic heterocycles. The molecule has 156 valence electrons. The molecule has 0 bridgehead atoms. The molecule has 0 amide bonds. The molecule has 4 rings (SSSR count). The van der Waals surface area contributed by atoms with Gasteiger partial charge in [-0.3, -0.25) is 4.57 Å². The molecule has 4 aromatic carbocycles. The zero-order chi connectivity index (χ0) is 22.8. The first-order valence-electron chi connectivity index (χ1n) is 10.3. The van der Waals surface area contributed by atoms with E-state index in [1.807, 2.05) is 91.0 Å². The average Bonchev–Trinajstić information content (AvgIpc) is 2.89. The number of benzene rings is 4. The summed E-state index contributed by atoms with van der Waals surface area (Å²) in [5.74, 6) is 14.7. The van der Waals surface area contributed by atoms with E-state index in [2.05, 4.69) is 35.7 Å². The standard InChI is InChI=1S/C30H19O2P/c31-33(29-16-6-2-7-17-29,30-18-8-3-9-19-30)32-25-24-28-22-20-27(21-23-28)15-11-10-14-26-12-4-1-5-13-26/h1-9,12-13,16-23H. The maximum atomic E-state index is 13.8. The van der Waals surface area contributed by atoms with Gasteiger partial charge in [0.15, 0.2) is 0 Å². The lowest BCUT2D eigenvalue weighted by molar-refractivity contribution is 0.483. The minimum Gasteiger partial charge on any atom is -0.383 e. The van der Waals surface area contributed by atoms with Crippen LogP contribution in [0.1, 0.15) is 16.7 Å². The molecule has 0 aliphatic heterocycles. The zero-order valence-electron chi connectivity index (χ0n) is 17.7. The van der Waals surface area contributed by atoms with Crippen LogP contribution in [-0.4, -0.2) is 0 Å². The van der Waals surface area contributed by atoms with Crippen LogP contribution < -0.4 is 10.6 Å². The Kier molecular flexibility index (Phi) is 7.11. The number of hydrogen-bond donors (Lipinski definition) is 0. The molecule has 3 heteroatoms. The maximum absolute atomic E-state index is 13.8. The van der Waals surface area contributed by atoms with Crippen LogP contribution >= 0.6 is 7.37 Å². The van der Waals surface area contributed by atoms with Crippen molar-refractivity contribution in [2.24, 2.45) is 0 Å². The second-order valence-corrected chi connectivity index (χ2v) is 9.30. The largest absolute Gasteiger partial charge is 0.383 e. The van der Waals surface area contributed by atoms with Crippen LogP contribution in [-0.2, 0) is 9.09 Å². The Labute approximate surface area is 194 Å². The van der Waals surface area contributed by atoms with Gasteiger partial charge in [-0.2, -0.15) is 0 Å². The summed E-state index contributed by atoms with van der Waals surface area (Å²) in [5.41, 5.74) is 2.51. The summed E-state index contributed by atoms with van der Waals surface area (Å²) < 4.78 is 19.5. The van der Waals surface area contributed by atoms with Gasteiger partial charge in [0.1, 0.15) is 6.11 Å². The van der Waals surface area contributed by atoms with Crippen LogP contribution in [0.3, 0.4) is 0 Å². The van der Waals surface area contributed by atoms with E-state index in [1.165, 1.54) is 0 Å². The maximum Gasteiger partial charge on any atom is 0.315 e. The Morgan fingerprint density at radius 2 is 0.879 bits per heavy atom. The van der Waals surface area contributed by atoms with Crippen molar-refractivity contribution >= 4 is 18.0 Å². The molecule has 0 N–H and O–H groups in total. The van der Waals surface area contributed by atoms with E-state index in [4.69, 9.17) is 4.52 Å². The third kappa shape index (κ3) is 5.85. The van der Waals surface area contributed by atoms with Gasteiger partial charge in [0, 0.05) is 16.7 Å². The normalized spacial score (nSPS) is 9.82. The van der Waals surface area contributed by atoms with Gasteiger partial charge in [0.05, 0.1) is 10.6 Å². The molecule has 0 aliphatic carbocycles. The van der Waals surface area contributed by atoms with Gasteiger partial charge in [-0.15, -0.1) is 0 Å². The highest BCUT2D eigenvalue weighted by atomic mass is 31.2. The molecule has 0 radical (unpaired) electrons. The monoisotopic (exact) mass is 442 g/mol. The van der Waals surface area contributed by atoms with Gasteiger partial charge in [0.2, 0.25) is 0 Å². The SMILES string of the molecule is O=P(OC#Cc1ccc(C#CC#Cc2ccccc2)cc1)(c1ccccc1)c1ccccc1. The van der Waals surface area contributed by atoms with Gasteiger partial charge in [-0.25, -0.2) is 0 Å². The molecule has 0 unspecified atom stereocenters. The Bertz CT molecular complexity index is 1400. The van der Waals surface area contributed by atoms with Crippen LogP contribution in [0.15, 0.2) is 115 Å². The van der Waals surface area contributed by atoms with Crippen molar-refractivity contribution in [2.45, 2.75) is 0 Å². The Morgan fingerprint density at radius 1 is 0.485 bits per heavy atom. The van der Waals surface area contributed by atoms with Crippen LogP contribution in [0.4, 0.5) is 0 Å². The summed E-state index contributed by atoms with van der Waals surface area (Å²) in [6, 6.07) is 35.5. The van der Waals surface area contributed by atoms with Crippen molar-refractivity contribution in [3.8, 4) is 35.7 Å². The highest BCUT2D eigenvalue weighted by Gasteiger charge is 2.28. The topological polar surface area (TPSA) is 26.3 Å². The summed E-state index contributed by atoms with van der Waals surface area (Å²) >= 11 is 0. The van der Waals surface area contributed by atoms with E-state index in [1.54, 1.807) is 24.3 Å². The third-order valence-electron chi connectivity index (χ3n) is 4.70. The lowest BCUT2D eigenvalue weighted by Crippen LogP contribution is -2.16. The first kappa shape index (κ1) is 21.8. The Balaban J connectivity index is 1.48. The average molecular weight is 442 g/mol. The van der Waals surface area contributed by atoms with Crippen LogP contribution in [0.5, 0.6) is 0 Å². The molecule has 0 atom stereocenters. The molecule has 0 saturated carbocycles. The lowest BCUT2D eigenvalue weighted by Gasteiger charge is -2.15. The first-order chi connectivity index (χ1) is 16.2. The summed E-state index contributed by atoms with van der Waals surface area (Å²) in [7, 11) is -3.33. The summed E-state index contributed by atoms with van der Waals surface area (Å²) in [5, 5.41) is 1.21. The second-order valence-electron chi connectivity index (χ2n) is 6.98. The predicted molar refractivity (Wildman–Crippen MR) is 134 cm³/mol. The summed E-state index contributed by atoms with van der Waals surface area (Å²) in [4.78, 5) is 0. The van der Waals surface area contributed by atoms with Crippen molar-refractivity contribution in [1.82, 2.24) is 0 Å². The van der Waals surface area contributed by atoms with Gasteiger partial charge in [-0.1, -0.05) is 66.4 Å². The number of rotatable bonds is 3. The van der Waals surface area contributed by atoms with Crippen molar-refractivity contribution < 1.29 is 9.09 Å². The van der Waals surface area contributed by atoms with Crippen molar-refractivity contribution in [3.63, 3.8) is 0 Å². The first-order valence-corrected chi connectivity index (χ1v) is 11.9. The quantitative estimate of drug-likeness (QED) is 0.316. The fourth-order valence-electron chi connectivity index (χ4n) is 3.01. The molecule has 0 spiro atoms. The molecule has 0 heterocycles. The fourth-order valence-corrected chi connectivity index (χ4v) is 4.83. The van der Waals surface area contributed by atoms with Gasteiger partial charge < -0.3 is 4.52 Å². The molecule has 0 fully saturated rings. The molecule has 33 heavy (non-hydrogen) atoms. The Hall–Kier alpha value is -4.41. The zero-order valence-corrected chi connectivity index (χ0v) is 18.6. The molecular weight excluding hydrogens is 423 g/mol. The highest BCUT2D eigenvalue weighted by molar-refractivity contribution is 7.74. The van der Waals surface area contributed by atoms with Crippen molar-refractivity contribution in [2.75, 3.05) is 0 Å². The summed E-state index contributed by atoms with van der Waals surface area (Å²) in [6.45, 7) is 0. The van der Waals surface area contributed by atoms with Crippen LogP contribution in [0.25, 0.3) is 0 Å². The Morgan fingerprint density at radius 3 is 1.36 bits per heavy atom. The second kappa shape index (κ2) is 10.8. The molecule has 0 aliphatic rings. The van der Waals surface area contributed by atoms with Crippen LogP contribution in [0, 0.1) is 35.7 Å². The van der Waals surface area contributed by atoms with E-state index >= 15 is 0 Å². The van der Waals surface area contributed by atoms with E-state index in [0.29, 0.717) is 10.6 Å². The van der Waals surface area contributed by atoms with E-state index in [-0.39, 0.29) is 0 Å². The van der Waals surface area contributed by atoms with E-state index in [9.17, 15) is 4.57 Å². The van der Waals surface area contributed by atoms with Gasteiger partial charge >= 0.3 is 7.37 Å². The minimum atomic E-state index is -3.33. The molecule has 0 saturated heterocycles. The number of hydrogen-bond acceptors (Lipinski definition) is 2. The van der Waals surface area contributed by atoms with Gasteiger partial charge in [-0.05, 0) is 78.4 Å². The molecular formula is C30H19O2P.